The number of amides is 2. The fourth-order valence-electron chi connectivity index (χ4n) is 3.80. The number of benzene rings is 2. The summed E-state index contributed by atoms with van der Waals surface area (Å²) in [5, 5.41) is 6.17. The molecule has 0 radical (unpaired) electrons. The van der Waals surface area contributed by atoms with Crippen LogP contribution in [0, 0.1) is 0 Å². The van der Waals surface area contributed by atoms with Gasteiger partial charge in [0.25, 0.3) is 0 Å². The number of carbonyl (C=O) groups excluding carboxylic acids is 2. The highest BCUT2D eigenvalue weighted by Gasteiger charge is 2.21. The highest BCUT2D eigenvalue weighted by atomic mass is 16.5. The first-order valence-electron chi connectivity index (χ1n) is 10.5. The highest BCUT2D eigenvalue weighted by Crippen LogP contribution is 2.23. The van der Waals surface area contributed by atoms with E-state index in [0.29, 0.717) is 6.42 Å². The van der Waals surface area contributed by atoms with Crippen molar-refractivity contribution in [2.24, 2.45) is 0 Å². The molecule has 0 unspecified atom stereocenters. The van der Waals surface area contributed by atoms with Gasteiger partial charge in [0.15, 0.2) is 0 Å². The second kappa shape index (κ2) is 9.17. The molecule has 0 aromatic heterocycles. The second-order valence-corrected chi connectivity index (χ2v) is 7.70. The lowest BCUT2D eigenvalue weighted by Crippen LogP contribution is -2.36. The van der Waals surface area contributed by atoms with Gasteiger partial charge in [0.05, 0.1) is 13.2 Å². The molecule has 30 heavy (non-hydrogen) atoms. The van der Waals surface area contributed by atoms with Crippen LogP contribution in [0.4, 0.5) is 22.7 Å². The van der Waals surface area contributed by atoms with E-state index >= 15 is 0 Å². The van der Waals surface area contributed by atoms with E-state index in [2.05, 4.69) is 15.5 Å². The largest absolute Gasteiger partial charge is 0.378 e. The molecule has 0 spiro atoms. The summed E-state index contributed by atoms with van der Waals surface area (Å²) in [6.45, 7) is 5.87. The summed E-state index contributed by atoms with van der Waals surface area (Å²) in [5.41, 5.74) is 3.66. The van der Waals surface area contributed by atoms with E-state index in [-0.39, 0.29) is 11.8 Å². The Bertz CT molecular complexity index is 876. The van der Waals surface area contributed by atoms with Gasteiger partial charge in [-0.2, -0.15) is 0 Å². The average molecular weight is 409 g/mol. The molecule has 0 bridgehead atoms. The van der Waals surface area contributed by atoms with Crippen molar-refractivity contribution in [2.75, 3.05) is 53.3 Å². The maximum absolute atomic E-state index is 12.6. The Balaban J connectivity index is 1.30. The Labute approximate surface area is 177 Å². The van der Waals surface area contributed by atoms with Crippen molar-refractivity contribution >= 4 is 34.6 Å². The van der Waals surface area contributed by atoms with E-state index < -0.39 is 6.04 Å². The lowest BCUT2D eigenvalue weighted by Gasteiger charge is -2.29. The van der Waals surface area contributed by atoms with Crippen LogP contribution in [0.2, 0.25) is 0 Å². The zero-order chi connectivity index (χ0) is 20.9. The molecule has 2 fully saturated rings. The van der Waals surface area contributed by atoms with E-state index in [1.165, 1.54) is 0 Å². The summed E-state index contributed by atoms with van der Waals surface area (Å²) in [5.74, 6) is 0.0658. The van der Waals surface area contributed by atoms with E-state index in [0.717, 1.165) is 62.0 Å². The molecule has 7 heteroatoms. The summed E-state index contributed by atoms with van der Waals surface area (Å²) < 4.78 is 5.39. The Kier molecular flexibility index (Phi) is 6.18. The van der Waals surface area contributed by atoms with Crippen LogP contribution in [0.5, 0.6) is 0 Å². The summed E-state index contributed by atoms with van der Waals surface area (Å²) in [4.78, 5) is 28.5. The number of carbonyl (C=O) groups is 2. The van der Waals surface area contributed by atoms with Gasteiger partial charge in [-0.1, -0.05) is 0 Å². The molecule has 7 nitrogen and oxygen atoms in total. The molecule has 2 aromatic carbocycles. The van der Waals surface area contributed by atoms with Gasteiger partial charge < -0.3 is 25.2 Å². The van der Waals surface area contributed by atoms with Crippen molar-refractivity contribution < 1.29 is 14.3 Å². The Morgan fingerprint density at radius 2 is 1.57 bits per heavy atom. The van der Waals surface area contributed by atoms with Crippen LogP contribution in [0.25, 0.3) is 0 Å². The molecule has 0 aliphatic carbocycles. The Morgan fingerprint density at radius 3 is 2.20 bits per heavy atom. The second-order valence-electron chi connectivity index (χ2n) is 7.70. The normalized spacial score (nSPS) is 17.7. The van der Waals surface area contributed by atoms with Crippen LogP contribution < -0.4 is 20.4 Å². The van der Waals surface area contributed by atoms with Crippen molar-refractivity contribution in [1.82, 2.24) is 0 Å². The zero-order valence-corrected chi connectivity index (χ0v) is 17.3. The number of hydrogen-bond donors (Lipinski definition) is 2. The quantitative estimate of drug-likeness (QED) is 0.768. The molecule has 1 atom stereocenters. The lowest BCUT2D eigenvalue weighted by atomic mass is 10.2. The van der Waals surface area contributed by atoms with E-state index in [4.69, 9.17) is 4.74 Å². The fourth-order valence-corrected chi connectivity index (χ4v) is 3.80. The minimum absolute atomic E-state index is 0.104. The van der Waals surface area contributed by atoms with Gasteiger partial charge in [-0.15, -0.1) is 0 Å². The molecular weight excluding hydrogens is 380 g/mol. The molecule has 4 rings (SSSR count). The average Bonchev–Trinajstić information content (AvgIpc) is 3.21. The standard InChI is InChI=1S/C23H28N4O3/c1-17(24-18-6-10-21(11-7-18)27-12-2-3-22(27)28)23(29)25-19-4-8-20(9-5-19)26-13-15-30-16-14-26/h4-11,17,24H,2-3,12-16H2,1H3,(H,25,29)/t17-/m0/s1. The number of nitrogens with one attached hydrogen (secondary N) is 2. The van der Waals surface area contributed by atoms with Gasteiger partial charge in [0, 0.05) is 48.8 Å². The van der Waals surface area contributed by atoms with Gasteiger partial charge in [0.1, 0.15) is 6.04 Å². The fraction of sp³-hybridized carbons (Fsp3) is 0.391. The Morgan fingerprint density at radius 1 is 0.933 bits per heavy atom. The minimum Gasteiger partial charge on any atom is -0.378 e. The molecule has 2 amide bonds. The van der Waals surface area contributed by atoms with E-state index in [1.54, 1.807) is 4.90 Å². The molecule has 2 saturated heterocycles. The van der Waals surface area contributed by atoms with Gasteiger partial charge in [0.2, 0.25) is 11.8 Å². The molecule has 2 aromatic rings. The van der Waals surface area contributed by atoms with Crippen molar-refractivity contribution in [1.29, 1.82) is 0 Å². The van der Waals surface area contributed by atoms with Crippen LogP contribution in [0.3, 0.4) is 0 Å². The van der Waals surface area contributed by atoms with Crippen LogP contribution in [0.15, 0.2) is 48.5 Å². The first-order valence-corrected chi connectivity index (χ1v) is 10.5. The van der Waals surface area contributed by atoms with Crippen LogP contribution in [0.1, 0.15) is 19.8 Å². The van der Waals surface area contributed by atoms with Crippen molar-refractivity contribution in [3.8, 4) is 0 Å². The molecular formula is C23H28N4O3. The summed E-state index contributed by atoms with van der Waals surface area (Å²) >= 11 is 0. The molecule has 2 aliphatic heterocycles. The minimum atomic E-state index is -0.400. The topological polar surface area (TPSA) is 73.9 Å². The molecule has 158 valence electrons. The van der Waals surface area contributed by atoms with Crippen molar-refractivity contribution in [3.05, 3.63) is 48.5 Å². The number of nitrogens with zero attached hydrogens (tertiary/aromatic N) is 2. The third-order valence-electron chi connectivity index (χ3n) is 5.54. The van der Waals surface area contributed by atoms with Gasteiger partial charge in [-0.3, -0.25) is 9.59 Å². The smallest absolute Gasteiger partial charge is 0.246 e. The maximum Gasteiger partial charge on any atom is 0.246 e. The third kappa shape index (κ3) is 4.74. The first kappa shape index (κ1) is 20.2. The Hall–Kier alpha value is -3.06. The van der Waals surface area contributed by atoms with Gasteiger partial charge >= 0.3 is 0 Å². The predicted molar refractivity (Wildman–Crippen MR) is 119 cm³/mol. The number of rotatable bonds is 6. The maximum atomic E-state index is 12.6. The number of hydrogen-bond acceptors (Lipinski definition) is 5. The molecule has 2 heterocycles. The summed E-state index contributed by atoms with van der Waals surface area (Å²) in [6.07, 6.45) is 1.52. The zero-order valence-electron chi connectivity index (χ0n) is 17.3. The SMILES string of the molecule is C[C@H](Nc1ccc(N2CCCC2=O)cc1)C(=O)Nc1ccc(N2CCOCC2)cc1. The number of morpholine rings is 1. The molecule has 0 saturated carbocycles. The highest BCUT2D eigenvalue weighted by molar-refractivity contribution is 5.97. The van der Waals surface area contributed by atoms with E-state index in [9.17, 15) is 9.59 Å². The lowest BCUT2D eigenvalue weighted by molar-refractivity contribution is -0.117. The van der Waals surface area contributed by atoms with Crippen LogP contribution >= 0.6 is 0 Å². The molecule has 2 aliphatic rings. The predicted octanol–water partition coefficient (Wildman–Crippen LogP) is 3.09. The summed E-state index contributed by atoms with van der Waals surface area (Å²) in [6, 6.07) is 15.1. The monoisotopic (exact) mass is 408 g/mol. The van der Waals surface area contributed by atoms with Crippen molar-refractivity contribution in [3.63, 3.8) is 0 Å². The summed E-state index contributed by atoms with van der Waals surface area (Å²) in [7, 11) is 0. The molecule has 2 N–H and O–H groups in total. The van der Waals surface area contributed by atoms with Crippen LogP contribution in [-0.2, 0) is 14.3 Å². The van der Waals surface area contributed by atoms with E-state index in [1.807, 2.05) is 55.5 Å². The van der Waals surface area contributed by atoms with Crippen LogP contribution in [-0.4, -0.2) is 50.7 Å². The van der Waals surface area contributed by atoms with Gasteiger partial charge in [-0.25, -0.2) is 0 Å². The first-order chi connectivity index (χ1) is 14.6. The number of anilines is 4. The van der Waals surface area contributed by atoms with Crippen molar-refractivity contribution in [2.45, 2.75) is 25.8 Å². The third-order valence-corrected chi connectivity index (χ3v) is 5.54. The number of ether oxygens (including phenoxy) is 1. The van der Waals surface area contributed by atoms with Gasteiger partial charge in [-0.05, 0) is 61.9 Å².